The zero-order valence-corrected chi connectivity index (χ0v) is 10.3. The third kappa shape index (κ3) is 2.94. The summed E-state index contributed by atoms with van der Waals surface area (Å²) in [4.78, 5) is 11.8. The molecule has 98 valence electrons. The Morgan fingerprint density at radius 3 is 2.95 bits per heavy atom. The molecule has 3 rings (SSSR count). The maximum Gasteiger partial charge on any atom is 0.238 e. The third-order valence-corrected chi connectivity index (χ3v) is 2.90. The maximum atomic E-state index is 11.8. The Balaban J connectivity index is 1.71. The second-order valence-corrected chi connectivity index (χ2v) is 4.47. The van der Waals surface area contributed by atoms with Crippen LogP contribution in [-0.4, -0.2) is 38.7 Å². The molecule has 0 aliphatic heterocycles. The van der Waals surface area contributed by atoms with Gasteiger partial charge in [-0.15, -0.1) is 5.10 Å². The SMILES string of the molecule is O=C(CNC1CC1)Nc1ccccc1-n1cnnn1. The second-order valence-electron chi connectivity index (χ2n) is 4.47. The standard InChI is InChI=1S/C12H14N6O/c19-12(7-13-9-5-6-9)15-10-3-1-2-4-11(10)18-8-14-16-17-18/h1-4,8-9,13H,5-7H2,(H,15,19). The highest BCUT2D eigenvalue weighted by Gasteiger charge is 2.21. The van der Waals surface area contributed by atoms with Crippen molar-refractivity contribution in [2.75, 3.05) is 11.9 Å². The number of nitrogens with zero attached hydrogens (tertiary/aromatic N) is 4. The zero-order chi connectivity index (χ0) is 13.1. The monoisotopic (exact) mass is 258 g/mol. The molecule has 0 radical (unpaired) electrons. The van der Waals surface area contributed by atoms with E-state index in [0.717, 1.165) is 18.5 Å². The van der Waals surface area contributed by atoms with E-state index in [1.54, 1.807) is 0 Å². The van der Waals surface area contributed by atoms with Crippen molar-refractivity contribution >= 4 is 11.6 Å². The van der Waals surface area contributed by atoms with Gasteiger partial charge in [0.05, 0.1) is 17.9 Å². The van der Waals surface area contributed by atoms with Crippen LogP contribution < -0.4 is 10.6 Å². The van der Waals surface area contributed by atoms with E-state index in [1.807, 2.05) is 24.3 Å². The number of hydrogen-bond donors (Lipinski definition) is 2. The number of carbonyl (C=O) groups excluding carboxylic acids is 1. The lowest BCUT2D eigenvalue weighted by molar-refractivity contribution is -0.115. The molecule has 2 aromatic rings. The predicted octanol–water partition coefficient (Wildman–Crippen LogP) is 0.353. The van der Waals surface area contributed by atoms with E-state index in [1.165, 1.54) is 11.0 Å². The van der Waals surface area contributed by atoms with Crippen molar-refractivity contribution in [1.82, 2.24) is 25.5 Å². The van der Waals surface area contributed by atoms with Crippen LogP contribution in [0.3, 0.4) is 0 Å². The molecule has 1 aromatic heterocycles. The number of para-hydroxylation sites is 2. The summed E-state index contributed by atoms with van der Waals surface area (Å²) in [5.41, 5.74) is 1.43. The van der Waals surface area contributed by atoms with E-state index in [0.29, 0.717) is 18.3 Å². The number of amides is 1. The van der Waals surface area contributed by atoms with E-state index in [4.69, 9.17) is 0 Å². The highest BCUT2D eigenvalue weighted by atomic mass is 16.1. The first kappa shape index (κ1) is 11.8. The quantitative estimate of drug-likeness (QED) is 0.808. The van der Waals surface area contributed by atoms with E-state index in [2.05, 4.69) is 26.2 Å². The molecular formula is C12H14N6O. The first-order valence-corrected chi connectivity index (χ1v) is 6.18. The molecule has 7 nitrogen and oxygen atoms in total. The van der Waals surface area contributed by atoms with Crippen molar-refractivity contribution in [2.45, 2.75) is 18.9 Å². The Morgan fingerprint density at radius 1 is 1.37 bits per heavy atom. The largest absolute Gasteiger partial charge is 0.323 e. The fourth-order valence-corrected chi connectivity index (χ4v) is 1.77. The van der Waals surface area contributed by atoms with Gasteiger partial charge in [0.1, 0.15) is 6.33 Å². The summed E-state index contributed by atoms with van der Waals surface area (Å²) in [5, 5.41) is 17.1. The number of tetrazole rings is 1. The van der Waals surface area contributed by atoms with Crippen LogP contribution in [0.1, 0.15) is 12.8 Å². The lowest BCUT2D eigenvalue weighted by Crippen LogP contribution is -2.29. The number of aromatic nitrogens is 4. The van der Waals surface area contributed by atoms with Gasteiger partial charge in [-0.05, 0) is 35.4 Å². The van der Waals surface area contributed by atoms with E-state index < -0.39 is 0 Å². The predicted molar refractivity (Wildman–Crippen MR) is 68.8 cm³/mol. The topological polar surface area (TPSA) is 84.7 Å². The third-order valence-electron chi connectivity index (χ3n) is 2.90. The summed E-state index contributed by atoms with van der Waals surface area (Å²) in [6.45, 7) is 0.328. The van der Waals surface area contributed by atoms with Crippen molar-refractivity contribution in [3.63, 3.8) is 0 Å². The van der Waals surface area contributed by atoms with Gasteiger partial charge < -0.3 is 10.6 Å². The van der Waals surface area contributed by atoms with Crippen LogP contribution in [0.2, 0.25) is 0 Å². The molecule has 7 heteroatoms. The molecule has 19 heavy (non-hydrogen) atoms. The zero-order valence-electron chi connectivity index (χ0n) is 10.3. The fraction of sp³-hybridized carbons (Fsp3) is 0.333. The summed E-state index contributed by atoms with van der Waals surface area (Å²) in [7, 11) is 0. The van der Waals surface area contributed by atoms with Gasteiger partial charge in [0, 0.05) is 6.04 Å². The number of carbonyl (C=O) groups is 1. The number of anilines is 1. The minimum Gasteiger partial charge on any atom is -0.323 e. The van der Waals surface area contributed by atoms with Gasteiger partial charge in [-0.1, -0.05) is 12.1 Å². The summed E-state index contributed by atoms with van der Waals surface area (Å²) >= 11 is 0. The molecule has 1 heterocycles. The van der Waals surface area contributed by atoms with Gasteiger partial charge in [0.2, 0.25) is 5.91 Å². The first-order valence-electron chi connectivity index (χ1n) is 6.18. The van der Waals surface area contributed by atoms with Crippen LogP contribution >= 0.6 is 0 Å². The average molecular weight is 258 g/mol. The molecule has 1 aliphatic rings. The van der Waals surface area contributed by atoms with Gasteiger partial charge in [0.15, 0.2) is 0 Å². The number of rotatable bonds is 5. The molecule has 0 atom stereocenters. The number of nitrogens with one attached hydrogen (secondary N) is 2. The van der Waals surface area contributed by atoms with Gasteiger partial charge in [-0.3, -0.25) is 4.79 Å². The Bertz CT molecular complexity index is 563. The lowest BCUT2D eigenvalue weighted by atomic mass is 10.2. The normalized spacial score (nSPS) is 14.3. The lowest BCUT2D eigenvalue weighted by Gasteiger charge is -2.10. The summed E-state index contributed by atoms with van der Waals surface area (Å²) < 4.78 is 1.52. The van der Waals surface area contributed by atoms with Crippen LogP contribution in [0.5, 0.6) is 0 Å². The summed E-state index contributed by atoms with van der Waals surface area (Å²) in [5.74, 6) is -0.0626. The smallest absolute Gasteiger partial charge is 0.238 e. The number of benzene rings is 1. The Hall–Kier alpha value is -2.28. The summed E-state index contributed by atoms with van der Waals surface area (Å²) in [6, 6.07) is 7.92. The average Bonchev–Trinajstić information content (AvgIpc) is 3.10. The van der Waals surface area contributed by atoms with Gasteiger partial charge in [-0.25, -0.2) is 0 Å². The first-order chi connectivity index (χ1) is 9.33. The molecule has 1 aliphatic carbocycles. The van der Waals surface area contributed by atoms with Crippen molar-refractivity contribution in [1.29, 1.82) is 0 Å². The minimum atomic E-state index is -0.0626. The highest BCUT2D eigenvalue weighted by Crippen LogP contribution is 2.19. The van der Waals surface area contributed by atoms with Gasteiger partial charge in [-0.2, -0.15) is 4.68 Å². The van der Waals surface area contributed by atoms with Crippen LogP contribution in [0.25, 0.3) is 5.69 Å². The molecular weight excluding hydrogens is 244 g/mol. The van der Waals surface area contributed by atoms with Gasteiger partial charge in [0.25, 0.3) is 0 Å². The van der Waals surface area contributed by atoms with Crippen LogP contribution in [0.4, 0.5) is 5.69 Å². The fourth-order valence-electron chi connectivity index (χ4n) is 1.77. The van der Waals surface area contributed by atoms with Crippen molar-refractivity contribution in [3.05, 3.63) is 30.6 Å². The molecule has 0 saturated heterocycles. The molecule has 0 spiro atoms. The van der Waals surface area contributed by atoms with Crippen molar-refractivity contribution in [2.24, 2.45) is 0 Å². The Morgan fingerprint density at radius 2 is 2.21 bits per heavy atom. The molecule has 1 amide bonds. The van der Waals surface area contributed by atoms with Crippen LogP contribution in [-0.2, 0) is 4.79 Å². The maximum absolute atomic E-state index is 11.8. The highest BCUT2D eigenvalue weighted by molar-refractivity contribution is 5.94. The molecule has 0 unspecified atom stereocenters. The molecule has 1 saturated carbocycles. The molecule has 1 fully saturated rings. The van der Waals surface area contributed by atoms with E-state index >= 15 is 0 Å². The van der Waals surface area contributed by atoms with Gasteiger partial charge >= 0.3 is 0 Å². The number of hydrogen-bond acceptors (Lipinski definition) is 5. The van der Waals surface area contributed by atoms with E-state index in [9.17, 15) is 4.79 Å². The molecule has 2 N–H and O–H groups in total. The second kappa shape index (κ2) is 5.15. The van der Waals surface area contributed by atoms with Crippen molar-refractivity contribution < 1.29 is 4.79 Å². The minimum absolute atomic E-state index is 0.0626. The molecule has 0 bridgehead atoms. The molecule has 1 aromatic carbocycles. The van der Waals surface area contributed by atoms with Crippen LogP contribution in [0.15, 0.2) is 30.6 Å². The van der Waals surface area contributed by atoms with E-state index in [-0.39, 0.29) is 5.91 Å². The van der Waals surface area contributed by atoms with Crippen molar-refractivity contribution in [3.8, 4) is 5.69 Å². The summed E-state index contributed by atoms with van der Waals surface area (Å²) in [6.07, 6.45) is 3.82. The Kier molecular flexibility index (Phi) is 3.20. The van der Waals surface area contributed by atoms with Crippen LogP contribution in [0, 0.1) is 0 Å². The Labute approximate surface area is 110 Å².